The summed E-state index contributed by atoms with van der Waals surface area (Å²) in [5, 5.41) is 2.59. The molecular formula is C61H87FO2S6. The first-order valence-corrected chi connectivity index (χ1v) is 31.9. The van der Waals surface area contributed by atoms with Crippen molar-refractivity contribution in [1.29, 1.82) is 0 Å². The summed E-state index contributed by atoms with van der Waals surface area (Å²) < 4.78 is 24.5. The number of thiophene rings is 4. The standard InChI is InChI=1S/C59H81FO2S6.C2H6/c1-13-17-20-21-22-24-33-62-57(61)55-45(60)37-49(67-55)56(63-39(6)58(7,8)9)48-35-43-51(47-32-30-42(65-47)34-40(16-4)26-23-18-14-2)54-44(36-50(68-54)59(10,11)12)52(53(43)66-48)46-31-29-41(64-46)28-27-38(5)25-19-15-3;1-2/h29-32,35-36,38,40H,6,13-28,33-34,37H2,1-5,7-12H3;1-2H3/b56-49+;. The molecule has 386 valence electrons. The number of allylic oxidation sites excluding steroid dienone is 3. The van der Waals surface area contributed by atoms with Crippen molar-refractivity contribution in [2.24, 2.45) is 17.3 Å². The molecule has 0 radical (unpaired) electrons. The van der Waals surface area contributed by atoms with Crippen LogP contribution in [0.3, 0.4) is 0 Å². The first-order valence-electron chi connectivity index (χ1n) is 27.0. The minimum absolute atomic E-state index is 0.00863. The van der Waals surface area contributed by atoms with E-state index in [2.05, 4.69) is 119 Å². The number of benzene rings is 1. The van der Waals surface area contributed by atoms with E-state index >= 15 is 4.39 Å². The van der Waals surface area contributed by atoms with Gasteiger partial charge in [0.05, 0.1) is 6.61 Å². The second-order valence-electron chi connectivity index (χ2n) is 21.4. The van der Waals surface area contributed by atoms with Gasteiger partial charge in [0, 0.05) is 76.8 Å². The van der Waals surface area contributed by atoms with Gasteiger partial charge in [-0.3, -0.25) is 0 Å². The van der Waals surface area contributed by atoms with Gasteiger partial charge < -0.3 is 4.74 Å². The van der Waals surface area contributed by atoms with E-state index in [0.717, 1.165) is 51.7 Å². The lowest BCUT2D eigenvalue weighted by atomic mass is 9.93. The third-order valence-corrected chi connectivity index (χ3v) is 21.5. The Kier molecular flexibility index (Phi) is 23.5. The molecule has 0 bridgehead atoms. The Morgan fingerprint density at radius 3 is 1.99 bits per heavy atom. The highest BCUT2D eigenvalue weighted by molar-refractivity contribution is 8.14. The van der Waals surface area contributed by atoms with Crippen molar-refractivity contribution in [2.45, 2.75) is 211 Å². The number of aryl methyl sites for hydroxylation is 1. The lowest BCUT2D eigenvalue weighted by Crippen LogP contribution is -2.07. The molecular weight excluding hydrogens is 976 g/mol. The van der Waals surface area contributed by atoms with Gasteiger partial charge in [0.25, 0.3) is 0 Å². The van der Waals surface area contributed by atoms with Crippen LogP contribution in [0.2, 0.25) is 0 Å². The highest BCUT2D eigenvalue weighted by Gasteiger charge is 2.33. The number of thioether (sulfide) groups is 2. The zero-order valence-corrected chi connectivity index (χ0v) is 50.3. The van der Waals surface area contributed by atoms with Gasteiger partial charge in [0.1, 0.15) is 10.7 Å². The number of esters is 1. The van der Waals surface area contributed by atoms with Gasteiger partial charge >= 0.3 is 5.97 Å². The molecule has 6 rings (SSSR count). The first kappa shape index (κ1) is 58.7. The zero-order chi connectivity index (χ0) is 51.2. The SMILES string of the molecule is C=C(S/C(=C1\CC(F)=C(C(=O)OCCCCCCCC)S1)c1cc2c(-c3ccc(CC(CC)CCCCC)s3)c3sc(C(C)(C)C)cc3c(-c3ccc(CCC(C)CCCC)s3)c2s1)C(C)(C)C.CC. The summed E-state index contributed by atoms with van der Waals surface area (Å²) >= 11 is 10.7. The summed E-state index contributed by atoms with van der Waals surface area (Å²) in [6.45, 7) is 34.1. The fourth-order valence-corrected chi connectivity index (χ4v) is 16.2. The monoisotopic (exact) mass is 1060 g/mol. The predicted molar refractivity (Wildman–Crippen MR) is 320 cm³/mol. The predicted octanol–water partition coefficient (Wildman–Crippen LogP) is 23.0. The summed E-state index contributed by atoms with van der Waals surface area (Å²) in [5.41, 5.74) is 2.45. The number of rotatable bonds is 26. The van der Waals surface area contributed by atoms with Crippen molar-refractivity contribution in [3.8, 4) is 20.9 Å². The minimum atomic E-state index is -0.539. The lowest BCUT2D eigenvalue weighted by Gasteiger charge is -2.22. The second-order valence-corrected chi connectivity index (χ2v) is 28.1. The third-order valence-electron chi connectivity index (χ3n) is 13.5. The number of ether oxygens (including phenoxy) is 1. The Morgan fingerprint density at radius 2 is 1.34 bits per heavy atom. The molecule has 0 aliphatic carbocycles. The van der Waals surface area contributed by atoms with Crippen molar-refractivity contribution in [3.63, 3.8) is 0 Å². The fraction of sp³-hybridized carbons (Fsp3) is 0.590. The van der Waals surface area contributed by atoms with Crippen molar-refractivity contribution < 1.29 is 13.9 Å². The molecule has 0 spiro atoms. The number of hydrogen-bond donors (Lipinski definition) is 0. The zero-order valence-electron chi connectivity index (χ0n) is 45.4. The Balaban J connectivity index is 0.00000450. The van der Waals surface area contributed by atoms with Gasteiger partial charge in [-0.15, -0.1) is 45.3 Å². The van der Waals surface area contributed by atoms with Gasteiger partial charge in [-0.2, -0.15) is 0 Å². The van der Waals surface area contributed by atoms with E-state index in [4.69, 9.17) is 4.74 Å². The van der Waals surface area contributed by atoms with E-state index in [1.807, 2.05) is 59.2 Å². The van der Waals surface area contributed by atoms with Crippen LogP contribution >= 0.6 is 68.9 Å². The van der Waals surface area contributed by atoms with E-state index in [1.54, 1.807) is 11.8 Å². The summed E-state index contributed by atoms with van der Waals surface area (Å²) in [5.74, 6) is 0.476. The van der Waals surface area contributed by atoms with Crippen LogP contribution in [0.5, 0.6) is 0 Å². The number of carbonyl (C=O) groups is 1. The molecule has 0 N–H and O–H groups in total. The van der Waals surface area contributed by atoms with E-state index in [0.29, 0.717) is 18.4 Å². The van der Waals surface area contributed by atoms with Crippen LogP contribution in [-0.4, -0.2) is 12.6 Å². The van der Waals surface area contributed by atoms with Gasteiger partial charge in [-0.1, -0.05) is 204 Å². The van der Waals surface area contributed by atoms with Gasteiger partial charge in [-0.05, 0) is 89.7 Å². The average molecular weight is 1060 g/mol. The molecule has 0 saturated carbocycles. The van der Waals surface area contributed by atoms with Crippen molar-refractivity contribution in [3.05, 3.63) is 83.0 Å². The minimum Gasteiger partial charge on any atom is -0.462 e. The molecule has 9 heteroatoms. The topological polar surface area (TPSA) is 26.3 Å². The number of hydrogen-bond acceptors (Lipinski definition) is 8. The maximum atomic E-state index is 16.2. The maximum Gasteiger partial charge on any atom is 0.347 e. The normalized spacial score (nSPS) is 14.9. The van der Waals surface area contributed by atoms with Gasteiger partial charge in [0.2, 0.25) is 0 Å². The van der Waals surface area contributed by atoms with Crippen molar-refractivity contribution in [2.75, 3.05) is 6.61 Å². The summed E-state index contributed by atoms with van der Waals surface area (Å²) in [6.07, 6.45) is 20.3. The second kappa shape index (κ2) is 28.0. The van der Waals surface area contributed by atoms with Crippen LogP contribution in [0, 0.1) is 17.3 Å². The largest absolute Gasteiger partial charge is 0.462 e. The molecule has 0 fully saturated rings. The number of fused-ring (bicyclic) bond motifs is 2. The quantitative estimate of drug-likeness (QED) is 0.0407. The Hall–Kier alpha value is -2.14. The van der Waals surface area contributed by atoms with E-state index in [-0.39, 0.29) is 22.2 Å². The lowest BCUT2D eigenvalue weighted by molar-refractivity contribution is -0.138. The first-order chi connectivity index (χ1) is 33.5. The van der Waals surface area contributed by atoms with Gasteiger partial charge in [0.15, 0.2) is 0 Å². The maximum absolute atomic E-state index is 16.2. The number of carbonyl (C=O) groups excluding carboxylic acids is 1. The van der Waals surface area contributed by atoms with Crippen LogP contribution in [0.15, 0.2) is 63.5 Å². The van der Waals surface area contributed by atoms with E-state index in [9.17, 15) is 4.79 Å². The van der Waals surface area contributed by atoms with Crippen LogP contribution in [0.25, 0.3) is 46.0 Å². The van der Waals surface area contributed by atoms with Crippen LogP contribution in [-0.2, 0) is 27.8 Å². The molecule has 1 aromatic carbocycles. The molecule has 0 saturated heterocycles. The van der Waals surface area contributed by atoms with E-state index < -0.39 is 11.8 Å². The van der Waals surface area contributed by atoms with E-state index in [1.165, 1.54) is 144 Å². The fourth-order valence-electron chi connectivity index (χ4n) is 8.86. The molecule has 5 heterocycles. The molecule has 0 amide bonds. The van der Waals surface area contributed by atoms with Crippen molar-refractivity contribution in [1.82, 2.24) is 0 Å². The van der Waals surface area contributed by atoms with Gasteiger partial charge in [-0.25, -0.2) is 9.18 Å². The summed E-state index contributed by atoms with van der Waals surface area (Å²) in [7, 11) is 0. The number of halogens is 1. The highest BCUT2D eigenvalue weighted by atomic mass is 32.2. The highest BCUT2D eigenvalue weighted by Crippen LogP contribution is 2.58. The average Bonchev–Trinajstić information content (AvgIpc) is 4.19. The van der Waals surface area contributed by atoms with Crippen LogP contribution < -0.4 is 0 Å². The molecule has 1 aliphatic rings. The molecule has 2 atom stereocenters. The Morgan fingerprint density at radius 1 is 0.743 bits per heavy atom. The van der Waals surface area contributed by atoms with Crippen LogP contribution in [0.4, 0.5) is 4.39 Å². The smallest absolute Gasteiger partial charge is 0.347 e. The van der Waals surface area contributed by atoms with Crippen molar-refractivity contribution >= 4 is 99.9 Å². The number of unbranched alkanes of at least 4 members (excludes halogenated alkanes) is 8. The molecule has 2 unspecified atom stereocenters. The summed E-state index contributed by atoms with van der Waals surface area (Å²) in [6, 6.07) is 14.5. The molecule has 70 heavy (non-hydrogen) atoms. The van der Waals surface area contributed by atoms with Crippen LogP contribution in [0.1, 0.15) is 212 Å². The Labute approximate surface area is 449 Å². The molecule has 4 aromatic heterocycles. The summed E-state index contributed by atoms with van der Waals surface area (Å²) in [4.78, 5) is 24.5. The molecule has 2 nitrogen and oxygen atoms in total. The Bertz CT molecular complexity index is 2530. The molecule has 5 aromatic rings. The third kappa shape index (κ3) is 15.7. The molecule has 1 aliphatic heterocycles.